The molecule has 12 heteroatoms. The summed E-state index contributed by atoms with van der Waals surface area (Å²) in [5.74, 6) is -1.99. The van der Waals surface area contributed by atoms with Crippen molar-refractivity contribution in [2.45, 2.75) is 32.5 Å². The molecule has 31 heavy (non-hydrogen) atoms. The predicted octanol–water partition coefficient (Wildman–Crippen LogP) is 1.92. The number of aliphatic hydroxyl groups excluding tert-OH is 1. The van der Waals surface area contributed by atoms with Crippen LogP contribution in [0.2, 0.25) is 0 Å². The molecule has 3 heterocycles. The van der Waals surface area contributed by atoms with Crippen LogP contribution in [-0.2, 0) is 6.61 Å². The zero-order valence-corrected chi connectivity index (χ0v) is 16.0. The number of hydrogen-bond donors (Lipinski definition) is 2. The molecule has 0 atom stereocenters. The minimum Gasteiger partial charge on any atom is -0.388 e. The van der Waals surface area contributed by atoms with E-state index in [2.05, 4.69) is 20.1 Å². The highest BCUT2D eigenvalue weighted by Gasteiger charge is 2.35. The molecule has 2 aliphatic rings. The number of nitrogen functional groups attached to an aromatic ring is 1. The SMILES string of the molecule is CC1=NC(C(F)(F)F)=CC(=c2c(=C3CC=C(F)C=C3F)nc(N)n3nc(CO)nc23)C1. The molecular formula is C19H15F5N6O. The van der Waals surface area contributed by atoms with Crippen molar-refractivity contribution in [3.05, 3.63) is 52.0 Å². The maximum absolute atomic E-state index is 14.6. The van der Waals surface area contributed by atoms with Gasteiger partial charge >= 0.3 is 6.18 Å². The number of aliphatic imine (C=N–C) groups is 1. The first-order valence-corrected chi connectivity index (χ1v) is 9.03. The molecule has 162 valence electrons. The van der Waals surface area contributed by atoms with Gasteiger partial charge in [-0.1, -0.05) is 0 Å². The van der Waals surface area contributed by atoms with Crippen molar-refractivity contribution in [1.82, 2.24) is 19.6 Å². The molecule has 1 aliphatic heterocycles. The van der Waals surface area contributed by atoms with E-state index >= 15 is 0 Å². The number of nitrogens with two attached hydrogens (primary N) is 1. The van der Waals surface area contributed by atoms with Gasteiger partial charge in [0.25, 0.3) is 0 Å². The lowest BCUT2D eigenvalue weighted by molar-refractivity contribution is -0.0923. The zero-order chi connectivity index (χ0) is 22.5. The Morgan fingerprint density at radius 1 is 1.19 bits per heavy atom. The van der Waals surface area contributed by atoms with Crippen molar-refractivity contribution >= 4 is 28.5 Å². The standard InChI is InChI=1S/C19H15F5N6O/c1-8-4-9(5-13(26-8)19(22,23)24)15-16(11-3-2-10(20)6-12(11)21)28-18(25)30-17(15)27-14(7-31)29-30/h2,5-6,31H,3-4,7H2,1H3,(H2,25,28). The van der Waals surface area contributed by atoms with Crippen LogP contribution in [0, 0.1) is 0 Å². The summed E-state index contributed by atoms with van der Waals surface area (Å²) in [5.41, 5.74) is 5.00. The maximum atomic E-state index is 14.6. The molecule has 7 nitrogen and oxygen atoms in total. The highest BCUT2D eigenvalue weighted by molar-refractivity contribution is 5.94. The van der Waals surface area contributed by atoms with Crippen molar-refractivity contribution in [2.24, 2.45) is 4.99 Å². The van der Waals surface area contributed by atoms with Crippen molar-refractivity contribution in [3.63, 3.8) is 0 Å². The number of aromatic nitrogens is 4. The summed E-state index contributed by atoms with van der Waals surface area (Å²) >= 11 is 0. The highest BCUT2D eigenvalue weighted by Crippen LogP contribution is 2.31. The minimum atomic E-state index is -4.72. The molecule has 4 rings (SSSR count). The van der Waals surface area contributed by atoms with Gasteiger partial charge in [0.1, 0.15) is 24.0 Å². The molecular weight excluding hydrogens is 423 g/mol. The third-order valence-corrected chi connectivity index (χ3v) is 4.72. The number of rotatable bonds is 1. The lowest BCUT2D eigenvalue weighted by Crippen LogP contribution is -2.37. The number of alkyl halides is 3. The number of fused-ring (bicyclic) bond motifs is 1. The van der Waals surface area contributed by atoms with Gasteiger partial charge in [0.2, 0.25) is 5.95 Å². The van der Waals surface area contributed by atoms with E-state index in [1.807, 2.05) is 0 Å². The fraction of sp³-hybridized carbons (Fsp3) is 0.263. The van der Waals surface area contributed by atoms with Gasteiger partial charge in [0.15, 0.2) is 11.5 Å². The molecule has 1 aliphatic carbocycles. The molecule has 0 unspecified atom stereocenters. The second kappa shape index (κ2) is 7.38. The van der Waals surface area contributed by atoms with E-state index in [9.17, 15) is 27.1 Å². The van der Waals surface area contributed by atoms with Crippen LogP contribution in [0.5, 0.6) is 0 Å². The fourth-order valence-electron chi connectivity index (χ4n) is 3.43. The molecule has 0 saturated carbocycles. The van der Waals surface area contributed by atoms with Gasteiger partial charge in [-0.25, -0.2) is 18.7 Å². The summed E-state index contributed by atoms with van der Waals surface area (Å²) < 4.78 is 69.3. The second-order valence-electron chi connectivity index (χ2n) is 6.96. The summed E-state index contributed by atoms with van der Waals surface area (Å²) in [6.07, 6.45) is -2.31. The molecule has 2 aromatic heterocycles. The lowest BCUT2D eigenvalue weighted by atomic mass is 9.99. The molecule has 0 amide bonds. The normalized spacial score (nSPS) is 21.0. The van der Waals surface area contributed by atoms with Gasteiger partial charge in [0.05, 0.1) is 5.35 Å². The van der Waals surface area contributed by atoms with Crippen molar-refractivity contribution in [2.75, 3.05) is 5.73 Å². The van der Waals surface area contributed by atoms with Gasteiger partial charge in [-0.05, 0) is 31.1 Å². The van der Waals surface area contributed by atoms with Crippen molar-refractivity contribution < 1.29 is 27.1 Å². The van der Waals surface area contributed by atoms with E-state index in [-0.39, 0.29) is 57.7 Å². The smallest absolute Gasteiger partial charge is 0.388 e. The Morgan fingerprint density at radius 3 is 2.58 bits per heavy atom. The molecule has 0 aromatic carbocycles. The Bertz CT molecular complexity index is 1350. The number of allylic oxidation sites excluding steroid dienone is 6. The van der Waals surface area contributed by atoms with Gasteiger partial charge in [-0.3, -0.25) is 4.99 Å². The van der Waals surface area contributed by atoms with Crippen LogP contribution in [-0.4, -0.2) is 36.6 Å². The predicted molar refractivity (Wildman–Crippen MR) is 102 cm³/mol. The molecule has 0 saturated heterocycles. The quantitative estimate of drug-likeness (QED) is 0.663. The maximum Gasteiger partial charge on any atom is 0.433 e. The van der Waals surface area contributed by atoms with E-state index in [1.54, 1.807) is 0 Å². The third-order valence-electron chi connectivity index (χ3n) is 4.72. The first-order valence-electron chi connectivity index (χ1n) is 9.03. The number of aliphatic hydroxyl groups is 1. The number of halogens is 5. The third kappa shape index (κ3) is 3.74. The zero-order valence-electron chi connectivity index (χ0n) is 16.0. The monoisotopic (exact) mass is 438 g/mol. The van der Waals surface area contributed by atoms with Crippen LogP contribution < -0.4 is 16.3 Å². The first kappa shape index (κ1) is 20.8. The van der Waals surface area contributed by atoms with Gasteiger partial charge in [0, 0.05) is 29.0 Å². The van der Waals surface area contributed by atoms with E-state index in [4.69, 9.17) is 5.73 Å². The lowest BCUT2D eigenvalue weighted by Gasteiger charge is -2.16. The van der Waals surface area contributed by atoms with Crippen LogP contribution in [0.4, 0.5) is 27.9 Å². The van der Waals surface area contributed by atoms with Crippen LogP contribution in [0.3, 0.4) is 0 Å². The van der Waals surface area contributed by atoms with E-state index in [0.29, 0.717) is 6.08 Å². The van der Waals surface area contributed by atoms with Gasteiger partial charge < -0.3 is 10.8 Å². The van der Waals surface area contributed by atoms with Crippen molar-refractivity contribution in [3.8, 4) is 0 Å². The average molecular weight is 438 g/mol. The Labute approximate surface area is 171 Å². The Morgan fingerprint density at radius 2 is 1.94 bits per heavy atom. The molecule has 0 radical (unpaired) electrons. The van der Waals surface area contributed by atoms with E-state index in [1.165, 1.54) is 6.92 Å². The summed E-state index contributed by atoms with van der Waals surface area (Å²) in [5, 5.41) is 13.3. The van der Waals surface area contributed by atoms with Crippen LogP contribution in [0.25, 0.3) is 16.8 Å². The van der Waals surface area contributed by atoms with Crippen LogP contribution >= 0.6 is 0 Å². The summed E-state index contributed by atoms with van der Waals surface area (Å²) in [7, 11) is 0. The summed E-state index contributed by atoms with van der Waals surface area (Å²) in [6.45, 7) is 0.865. The Hall–Kier alpha value is -3.41. The topological polar surface area (TPSA) is 102 Å². The number of hydrogen-bond acceptors (Lipinski definition) is 6. The van der Waals surface area contributed by atoms with Crippen molar-refractivity contribution in [1.29, 1.82) is 0 Å². The van der Waals surface area contributed by atoms with Crippen LogP contribution in [0.15, 0.2) is 40.6 Å². The average Bonchev–Trinajstić information content (AvgIpc) is 3.11. The Kier molecular flexibility index (Phi) is 4.96. The second-order valence-corrected chi connectivity index (χ2v) is 6.96. The Balaban J connectivity index is 2.22. The highest BCUT2D eigenvalue weighted by atomic mass is 19.4. The summed E-state index contributed by atoms with van der Waals surface area (Å²) in [4.78, 5) is 11.9. The van der Waals surface area contributed by atoms with E-state index < -0.39 is 30.1 Å². The fourth-order valence-corrected chi connectivity index (χ4v) is 3.43. The van der Waals surface area contributed by atoms with E-state index in [0.717, 1.165) is 16.7 Å². The molecule has 0 fully saturated rings. The molecule has 3 N–H and O–H groups in total. The van der Waals surface area contributed by atoms with Crippen LogP contribution in [0.1, 0.15) is 25.6 Å². The minimum absolute atomic E-state index is 0.00201. The van der Waals surface area contributed by atoms with Gasteiger partial charge in [-0.15, -0.1) is 5.10 Å². The largest absolute Gasteiger partial charge is 0.433 e. The van der Waals surface area contributed by atoms with Gasteiger partial charge in [-0.2, -0.15) is 17.7 Å². The number of anilines is 1. The molecule has 0 bridgehead atoms. The molecule has 0 spiro atoms. The first-order chi connectivity index (χ1) is 14.6. The molecule has 2 aromatic rings. The summed E-state index contributed by atoms with van der Waals surface area (Å²) in [6, 6.07) is 0. The number of nitrogens with zero attached hydrogens (tertiary/aromatic N) is 5.